The lowest BCUT2D eigenvalue weighted by Crippen LogP contribution is -2.51. The van der Waals surface area contributed by atoms with Crippen LogP contribution in [-0.4, -0.2) is 42.4 Å². The Morgan fingerprint density at radius 2 is 1.53 bits per heavy atom. The molecule has 0 amide bonds. The molecule has 0 aromatic heterocycles. The minimum atomic E-state index is -3.39. The standard InChI is InChI=1S/C22H26FNO6/c1-7-28-19(26)22(23,20(27)29-8-2)17(14(3)18(25)30-21(4,5)6)16-11-9-15(13-24)10-12-16/h9-12,17H,3,7-8H2,1-2,4-6H3/t17-/m1/s1. The first-order valence-electron chi connectivity index (χ1n) is 9.37. The molecule has 0 spiro atoms. The van der Waals surface area contributed by atoms with E-state index >= 15 is 4.39 Å². The number of ether oxygens (including phenoxy) is 3. The molecule has 0 unspecified atom stereocenters. The van der Waals surface area contributed by atoms with Crippen LogP contribution in [-0.2, 0) is 28.6 Å². The average molecular weight is 419 g/mol. The Morgan fingerprint density at radius 3 is 1.90 bits per heavy atom. The summed E-state index contributed by atoms with van der Waals surface area (Å²) in [6.07, 6.45) is 0. The number of nitriles is 1. The molecule has 0 N–H and O–H groups in total. The maximum absolute atomic E-state index is 16.2. The SMILES string of the molecule is C=C(C(=O)OC(C)(C)C)[C@H](c1ccc(C#N)cc1)C(F)(C(=O)OCC)C(=O)OCC. The largest absolute Gasteiger partial charge is 0.463 e. The number of alkyl halides is 1. The molecule has 0 fully saturated rings. The van der Waals surface area contributed by atoms with Gasteiger partial charge >= 0.3 is 23.6 Å². The van der Waals surface area contributed by atoms with Crippen molar-refractivity contribution in [1.29, 1.82) is 5.26 Å². The van der Waals surface area contributed by atoms with Crippen molar-refractivity contribution in [2.45, 2.75) is 51.8 Å². The van der Waals surface area contributed by atoms with Crippen LogP contribution in [0.2, 0.25) is 0 Å². The second-order valence-electron chi connectivity index (χ2n) is 7.35. The highest BCUT2D eigenvalue weighted by molar-refractivity contribution is 6.07. The summed E-state index contributed by atoms with van der Waals surface area (Å²) in [6.45, 7) is 10.9. The Hall–Kier alpha value is -3.21. The van der Waals surface area contributed by atoms with Crippen molar-refractivity contribution in [3.63, 3.8) is 0 Å². The molecule has 0 heterocycles. The van der Waals surface area contributed by atoms with E-state index in [2.05, 4.69) is 6.58 Å². The number of benzene rings is 1. The van der Waals surface area contributed by atoms with Crippen LogP contribution in [0.25, 0.3) is 0 Å². The summed E-state index contributed by atoms with van der Waals surface area (Å²) in [6, 6.07) is 7.28. The summed E-state index contributed by atoms with van der Waals surface area (Å²) in [5.41, 5.74) is -4.49. The zero-order valence-corrected chi connectivity index (χ0v) is 17.8. The lowest BCUT2D eigenvalue weighted by molar-refractivity contribution is -0.176. The summed E-state index contributed by atoms with van der Waals surface area (Å²) in [5.74, 6) is -5.81. The Balaban J connectivity index is 3.67. The molecule has 0 saturated heterocycles. The highest BCUT2D eigenvalue weighted by Gasteiger charge is 2.59. The van der Waals surface area contributed by atoms with Crippen molar-refractivity contribution in [3.8, 4) is 6.07 Å². The van der Waals surface area contributed by atoms with Crippen LogP contribution in [0.1, 0.15) is 51.7 Å². The molecular weight excluding hydrogens is 393 g/mol. The number of esters is 3. The predicted octanol–water partition coefficient (Wildman–Crippen LogP) is 3.37. The van der Waals surface area contributed by atoms with Gasteiger partial charge in [-0.15, -0.1) is 0 Å². The molecule has 0 aliphatic rings. The summed E-state index contributed by atoms with van der Waals surface area (Å²) in [4.78, 5) is 37.8. The lowest BCUT2D eigenvalue weighted by Gasteiger charge is -2.32. The fourth-order valence-electron chi connectivity index (χ4n) is 2.67. The van der Waals surface area contributed by atoms with Crippen LogP contribution in [0.4, 0.5) is 4.39 Å². The first-order valence-corrected chi connectivity index (χ1v) is 9.37. The molecule has 0 saturated carbocycles. The third-order valence-electron chi connectivity index (χ3n) is 3.93. The van der Waals surface area contributed by atoms with Gasteiger partial charge < -0.3 is 14.2 Å². The van der Waals surface area contributed by atoms with Gasteiger partial charge in [-0.1, -0.05) is 18.7 Å². The molecule has 0 aliphatic heterocycles. The van der Waals surface area contributed by atoms with E-state index in [1.165, 1.54) is 38.1 Å². The fourth-order valence-corrected chi connectivity index (χ4v) is 2.67. The molecule has 8 heteroatoms. The van der Waals surface area contributed by atoms with Gasteiger partial charge in [0.2, 0.25) is 0 Å². The maximum Gasteiger partial charge on any atom is 0.356 e. The maximum atomic E-state index is 16.2. The van der Waals surface area contributed by atoms with Crippen molar-refractivity contribution < 1.29 is 33.0 Å². The summed E-state index contributed by atoms with van der Waals surface area (Å²) in [7, 11) is 0. The average Bonchev–Trinajstić information content (AvgIpc) is 2.67. The Kier molecular flexibility index (Phi) is 8.28. The van der Waals surface area contributed by atoms with Crippen LogP contribution in [0.3, 0.4) is 0 Å². The van der Waals surface area contributed by atoms with E-state index in [4.69, 9.17) is 19.5 Å². The first kappa shape index (κ1) is 24.8. The molecule has 0 aliphatic carbocycles. The number of nitrogens with zero attached hydrogens (tertiary/aromatic N) is 1. The first-order chi connectivity index (χ1) is 13.9. The zero-order valence-electron chi connectivity index (χ0n) is 17.8. The normalized spacial score (nSPS) is 12.3. The molecule has 0 bridgehead atoms. The van der Waals surface area contributed by atoms with Gasteiger partial charge in [0.1, 0.15) is 5.60 Å². The smallest absolute Gasteiger partial charge is 0.356 e. The monoisotopic (exact) mass is 419 g/mol. The minimum Gasteiger partial charge on any atom is -0.463 e. The summed E-state index contributed by atoms with van der Waals surface area (Å²) >= 11 is 0. The van der Waals surface area contributed by atoms with Crippen LogP contribution in [0, 0.1) is 11.3 Å². The highest BCUT2D eigenvalue weighted by Crippen LogP contribution is 2.40. The molecule has 1 atom stereocenters. The molecule has 0 radical (unpaired) electrons. The second-order valence-corrected chi connectivity index (χ2v) is 7.35. The number of carbonyl (C=O) groups excluding carboxylic acids is 3. The quantitative estimate of drug-likeness (QED) is 0.275. The molecule has 30 heavy (non-hydrogen) atoms. The van der Waals surface area contributed by atoms with E-state index < -0.39 is 40.7 Å². The predicted molar refractivity (Wildman–Crippen MR) is 106 cm³/mol. The van der Waals surface area contributed by atoms with E-state index in [0.29, 0.717) is 0 Å². The van der Waals surface area contributed by atoms with Crippen LogP contribution < -0.4 is 0 Å². The van der Waals surface area contributed by atoms with Gasteiger partial charge in [0, 0.05) is 5.57 Å². The van der Waals surface area contributed by atoms with Crippen LogP contribution in [0.5, 0.6) is 0 Å². The van der Waals surface area contributed by atoms with Gasteiger partial charge in [-0.25, -0.2) is 18.8 Å². The molecule has 162 valence electrons. The Labute approximate surface area is 175 Å². The van der Waals surface area contributed by atoms with Crippen molar-refractivity contribution in [2.24, 2.45) is 0 Å². The van der Waals surface area contributed by atoms with Gasteiger partial charge in [0.05, 0.1) is 30.8 Å². The van der Waals surface area contributed by atoms with Crippen molar-refractivity contribution >= 4 is 17.9 Å². The minimum absolute atomic E-state index is 0.0495. The third kappa shape index (κ3) is 5.66. The molecule has 7 nitrogen and oxygen atoms in total. The van der Waals surface area contributed by atoms with E-state index in [9.17, 15) is 14.4 Å². The van der Waals surface area contributed by atoms with E-state index in [-0.39, 0.29) is 24.3 Å². The van der Waals surface area contributed by atoms with Gasteiger partial charge in [-0.3, -0.25) is 0 Å². The molecule has 1 aromatic rings. The topological polar surface area (TPSA) is 103 Å². The number of carbonyl (C=O) groups is 3. The zero-order chi connectivity index (χ0) is 23.1. The van der Waals surface area contributed by atoms with Gasteiger partial charge in [0.15, 0.2) is 0 Å². The third-order valence-corrected chi connectivity index (χ3v) is 3.93. The highest BCUT2D eigenvalue weighted by atomic mass is 19.1. The van der Waals surface area contributed by atoms with Crippen LogP contribution >= 0.6 is 0 Å². The Morgan fingerprint density at radius 1 is 1.07 bits per heavy atom. The van der Waals surface area contributed by atoms with Gasteiger partial charge in [-0.2, -0.15) is 5.26 Å². The Bertz CT molecular complexity index is 830. The van der Waals surface area contributed by atoms with Crippen molar-refractivity contribution in [3.05, 3.63) is 47.5 Å². The number of hydrogen-bond acceptors (Lipinski definition) is 7. The molecule has 1 rings (SSSR count). The summed E-state index contributed by atoms with van der Waals surface area (Å²) < 4.78 is 31.1. The number of rotatable bonds is 8. The van der Waals surface area contributed by atoms with E-state index in [1.54, 1.807) is 20.8 Å². The number of halogens is 1. The molecular formula is C22H26FNO6. The fraction of sp³-hybridized carbons (Fsp3) is 0.455. The van der Waals surface area contributed by atoms with E-state index in [1.807, 2.05) is 6.07 Å². The van der Waals surface area contributed by atoms with Gasteiger partial charge in [-0.05, 0) is 52.3 Å². The number of hydrogen-bond donors (Lipinski definition) is 0. The van der Waals surface area contributed by atoms with Crippen molar-refractivity contribution in [2.75, 3.05) is 13.2 Å². The van der Waals surface area contributed by atoms with E-state index in [0.717, 1.165) is 0 Å². The molecule has 1 aromatic carbocycles. The second kappa shape index (κ2) is 10.0. The lowest BCUT2D eigenvalue weighted by atomic mass is 9.78. The van der Waals surface area contributed by atoms with Gasteiger partial charge in [0.25, 0.3) is 0 Å². The van der Waals surface area contributed by atoms with Crippen molar-refractivity contribution in [1.82, 2.24) is 0 Å². The van der Waals surface area contributed by atoms with Crippen LogP contribution in [0.15, 0.2) is 36.4 Å². The summed E-state index contributed by atoms with van der Waals surface area (Å²) in [5, 5.41) is 9.00.